The maximum atomic E-state index is 14.4. The summed E-state index contributed by atoms with van der Waals surface area (Å²) in [4.78, 5) is 28.6. The van der Waals surface area contributed by atoms with Crippen molar-refractivity contribution in [1.29, 1.82) is 0 Å². The van der Waals surface area contributed by atoms with Crippen molar-refractivity contribution in [3.05, 3.63) is 76.5 Å². The smallest absolute Gasteiger partial charge is 0.265 e. The first-order valence-electron chi connectivity index (χ1n) is 9.82. The van der Waals surface area contributed by atoms with E-state index in [0.717, 1.165) is 29.1 Å². The Morgan fingerprint density at radius 3 is 2.58 bits per heavy atom. The highest BCUT2D eigenvalue weighted by Gasteiger charge is 2.23. The Kier molecular flexibility index (Phi) is 6.27. The number of carbonyl (C=O) groups is 2. The number of rotatable bonds is 7. The van der Waals surface area contributed by atoms with E-state index in [2.05, 4.69) is 0 Å². The van der Waals surface area contributed by atoms with Crippen molar-refractivity contribution in [2.24, 2.45) is 0 Å². The summed E-state index contributed by atoms with van der Waals surface area (Å²) in [6.45, 7) is 0.529. The van der Waals surface area contributed by atoms with Crippen LogP contribution in [0.2, 0.25) is 0 Å². The Morgan fingerprint density at radius 1 is 1.13 bits per heavy atom. The molecule has 1 saturated heterocycles. The second-order valence-electron chi connectivity index (χ2n) is 7.09. The second kappa shape index (κ2) is 9.26. The number of amides is 2. The molecule has 0 aliphatic carbocycles. The van der Waals surface area contributed by atoms with E-state index in [4.69, 9.17) is 4.74 Å². The number of anilines is 2. The van der Waals surface area contributed by atoms with Crippen LogP contribution in [0, 0.1) is 11.6 Å². The Bertz CT molecular complexity index is 1070. The molecule has 1 fully saturated rings. The van der Waals surface area contributed by atoms with E-state index < -0.39 is 17.5 Å². The number of halogens is 2. The van der Waals surface area contributed by atoms with Gasteiger partial charge in [0.15, 0.2) is 6.61 Å². The van der Waals surface area contributed by atoms with Crippen LogP contribution in [0.1, 0.15) is 17.7 Å². The molecule has 8 heteroatoms. The Morgan fingerprint density at radius 2 is 1.94 bits per heavy atom. The molecule has 1 aliphatic heterocycles. The molecule has 1 aliphatic rings. The summed E-state index contributed by atoms with van der Waals surface area (Å²) < 4.78 is 33.3. The molecule has 0 saturated carbocycles. The van der Waals surface area contributed by atoms with Gasteiger partial charge in [-0.2, -0.15) is 0 Å². The van der Waals surface area contributed by atoms with E-state index in [9.17, 15) is 18.4 Å². The molecule has 160 valence electrons. The number of thiophene rings is 1. The van der Waals surface area contributed by atoms with E-state index in [1.54, 1.807) is 29.2 Å². The summed E-state index contributed by atoms with van der Waals surface area (Å²) in [5.74, 6) is -1.44. The van der Waals surface area contributed by atoms with Crippen molar-refractivity contribution in [3.63, 3.8) is 0 Å². The van der Waals surface area contributed by atoms with Crippen LogP contribution in [-0.2, 0) is 16.1 Å². The molecule has 2 amide bonds. The van der Waals surface area contributed by atoms with Gasteiger partial charge in [-0.25, -0.2) is 8.78 Å². The summed E-state index contributed by atoms with van der Waals surface area (Å²) in [5.41, 5.74) is 0.778. The number of hydrogen-bond acceptors (Lipinski definition) is 4. The SMILES string of the molecule is O=C1CCCN1c1ccc(OCC(=O)N(Cc2cccs2)c2ccc(F)cc2F)cc1. The van der Waals surface area contributed by atoms with Gasteiger partial charge in [0.1, 0.15) is 17.4 Å². The van der Waals surface area contributed by atoms with Crippen molar-refractivity contribution in [2.75, 3.05) is 23.0 Å². The zero-order valence-electron chi connectivity index (χ0n) is 16.6. The molecule has 3 aromatic rings. The third-order valence-corrected chi connectivity index (χ3v) is 5.84. The predicted octanol–water partition coefficient (Wildman–Crippen LogP) is 4.77. The highest BCUT2D eigenvalue weighted by atomic mass is 32.1. The third-order valence-electron chi connectivity index (χ3n) is 4.98. The van der Waals surface area contributed by atoms with Crippen LogP contribution in [0.5, 0.6) is 5.75 Å². The molecular formula is C23H20F2N2O3S. The molecule has 4 rings (SSSR count). The Hall–Kier alpha value is -3.26. The molecule has 1 aromatic heterocycles. The molecule has 0 N–H and O–H groups in total. The maximum Gasteiger partial charge on any atom is 0.265 e. The number of hydrogen-bond donors (Lipinski definition) is 0. The van der Waals surface area contributed by atoms with Crippen LogP contribution in [0.25, 0.3) is 0 Å². The molecule has 2 heterocycles. The summed E-state index contributed by atoms with van der Waals surface area (Å²) in [7, 11) is 0. The molecule has 0 atom stereocenters. The van der Waals surface area contributed by atoms with Crippen molar-refractivity contribution < 1.29 is 23.1 Å². The number of ether oxygens (including phenoxy) is 1. The molecule has 0 spiro atoms. The summed E-state index contributed by atoms with van der Waals surface area (Å²) in [5, 5.41) is 1.86. The summed E-state index contributed by atoms with van der Waals surface area (Å²) in [6, 6.07) is 13.7. The lowest BCUT2D eigenvalue weighted by Crippen LogP contribution is -2.35. The Balaban J connectivity index is 1.46. The van der Waals surface area contributed by atoms with Crippen molar-refractivity contribution in [2.45, 2.75) is 19.4 Å². The lowest BCUT2D eigenvalue weighted by atomic mass is 10.2. The van der Waals surface area contributed by atoms with Gasteiger partial charge in [0.25, 0.3) is 5.91 Å². The summed E-state index contributed by atoms with van der Waals surface area (Å²) in [6.07, 6.45) is 1.39. The highest BCUT2D eigenvalue weighted by Crippen LogP contribution is 2.26. The van der Waals surface area contributed by atoms with Gasteiger partial charge >= 0.3 is 0 Å². The van der Waals surface area contributed by atoms with Crippen molar-refractivity contribution in [1.82, 2.24) is 0 Å². The second-order valence-corrected chi connectivity index (χ2v) is 8.12. The minimum absolute atomic E-state index is 0.00806. The van der Waals surface area contributed by atoms with E-state index in [-0.39, 0.29) is 24.7 Å². The first kappa shape index (κ1) is 21.0. The van der Waals surface area contributed by atoms with Crippen LogP contribution < -0.4 is 14.5 Å². The quantitative estimate of drug-likeness (QED) is 0.530. The fourth-order valence-electron chi connectivity index (χ4n) is 3.43. The topological polar surface area (TPSA) is 49.9 Å². The number of nitrogens with zero attached hydrogens (tertiary/aromatic N) is 2. The minimum atomic E-state index is -0.815. The van der Waals surface area contributed by atoms with Crippen LogP contribution in [-0.4, -0.2) is 25.0 Å². The molecule has 0 bridgehead atoms. The lowest BCUT2D eigenvalue weighted by molar-refractivity contribution is -0.120. The number of benzene rings is 2. The van der Waals surface area contributed by atoms with Gasteiger partial charge in [0, 0.05) is 29.6 Å². The standard InChI is InChI=1S/C23H20F2N2O3S/c24-16-5-10-21(20(25)13-16)27(14-19-3-2-12-31-19)23(29)15-30-18-8-6-17(7-9-18)26-11-1-4-22(26)28/h2-3,5-10,12-13H,1,4,11,14-15H2. The van der Waals surface area contributed by atoms with Gasteiger partial charge in [-0.05, 0) is 54.3 Å². The zero-order chi connectivity index (χ0) is 21.8. The molecular weight excluding hydrogens is 422 g/mol. The first-order valence-corrected chi connectivity index (χ1v) is 10.7. The predicted molar refractivity (Wildman–Crippen MR) is 115 cm³/mol. The summed E-state index contributed by atoms with van der Waals surface area (Å²) >= 11 is 1.44. The monoisotopic (exact) mass is 442 g/mol. The van der Waals surface area contributed by atoms with Crippen molar-refractivity contribution in [3.8, 4) is 5.75 Å². The third kappa shape index (κ3) is 4.91. The van der Waals surface area contributed by atoms with Crippen molar-refractivity contribution >= 4 is 34.5 Å². The van der Waals surface area contributed by atoms with E-state index in [1.807, 2.05) is 17.5 Å². The molecule has 5 nitrogen and oxygen atoms in total. The molecule has 31 heavy (non-hydrogen) atoms. The van der Waals surface area contributed by atoms with Gasteiger partial charge in [-0.1, -0.05) is 6.07 Å². The lowest BCUT2D eigenvalue weighted by Gasteiger charge is -2.23. The van der Waals surface area contributed by atoms with Crippen LogP contribution in [0.15, 0.2) is 60.0 Å². The van der Waals surface area contributed by atoms with E-state index in [0.29, 0.717) is 18.7 Å². The van der Waals surface area contributed by atoms with E-state index >= 15 is 0 Å². The number of carbonyl (C=O) groups excluding carboxylic acids is 2. The van der Waals surface area contributed by atoms with Gasteiger partial charge < -0.3 is 14.5 Å². The first-order chi connectivity index (χ1) is 15.0. The largest absolute Gasteiger partial charge is 0.484 e. The zero-order valence-corrected chi connectivity index (χ0v) is 17.4. The molecule has 2 aromatic carbocycles. The van der Waals surface area contributed by atoms with Crippen LogP contribution >= 0.6 is 11.3 Å². The fourth-order valence-corrected chi connectivity index (χ4v) is 4.13. The van der Waals surface area contributed by atoms with Crippen LogP contribution in [0.4, 0.5) is 20.2 Å². The normalized spacial score (nSPS) is 13.5. The highest BCUT2D eigenvalue weighted by molar-refractivity contribution is 7.09. The average Bonchev–Trinajstić information content (AvgIpc) is 3.43. The molecule has 0 radical (unpaired) electrons. The fraction of sp³-hybridized carbons (Fsp3) is 0.217. The maximum absolute atomic E-state index is 14.4. The van der Waals surface area contributed by atoms with Gasteiger partial charge in [-0.3, -0.25) is 9.59 Å². The minimum Gasteiger partial charge on any atom is -0.484 e. The molecule has 0 unspecified atom stereocenters. The van der Waals surface area contributed by atoms with Gasteiger partial charge in [-0.15, -0.1) is 11.3 Å². The van der Waals surface area contributed by atoms with Gasteiger partial charge in [0.05, 0.1) is 12.2 Å². The Labute approximate surface area is 182 Å². The van der Waals surface area contributed by atoms with E-state index in [1.165, 1.54) is 22.3 Å². The average molecular weight is 442 g/mol. The van der Waals surface area contributed by atoms with Crippen LogP contribution in [0.3, 0.4) is 0 Å². The van der Waals surface area contributed by atoms with Gasteiger partial charge in [0.2, 0.25) is 5.91 Å².